The maximum Gasteiger partial charge on any atom is 0.419 e. The number of hydrogen-bond acceptors (Lipinski definition) is 3. The number of pyridine rings is 1. The second-order valence-corrected chi connectivity index (χ2v) is 4.89. The fraction of sp³-hybridized carbons (Fsp3) is 0.615. The minimum Gasteiger partial charge on any atom is -0.378 e. The molecular weight excluding hydrogens is 257 g/mol. The Morgan fingerprint density at radius 3 is 2.42 bits per heavy atom. The average Bonchev–Trinajstić information content (AvgIpc) is 2.38. The van der Waals surface area contributed by atoms with Crippen LogP contribution >= 0.6 is 0 Å². The highest BCUT2D eigenvalue weighted by Crippen LogP contribution is 2.37. The number of hydrogen-bond donors (Lipinski definition) is 0. The molecule has 19 heavy (non-hydrogen) atoms. The van der Waals surface area contributed by atoms with E-state index in [-0.39, 0.29) is 11.7 Å². The number of halogens is 3. The number of alkyl halides is 3. The van der Waals surface area contributed by atoms with Gasteiger partial charge in [-0.3, -0.25) is 0 Å². The van der Waals surface area contributed by atoms with Gasteiger partial charge in [0.05, 0.1) is 18.8 Å². The van der Waals surface area contributed by atoms with Gasteiger partial charge < -0.3 is 9.64 Å². The summed E-state index contributed by atoms with van der Waals surface area (Å²) in [6.45, 7) is 5.46. The number of morpholine rings is 1. The Morgan fingerprint density at radius 2 is 1.89 bits per heavy atom. The highest BCUT2D eigenvalue weighted by atomic mass is 19.4. The summed E-state index contributed by atoms with van der Waals surface area (Å²) in [6, 6.07) is 1.21. The first kappa shape index (κ1) is 14.1. The van der Waals surface area contributed by atoms with Gasteiger partial charge in [-0.05, 0) is 17.5 Å². The standard InChI is InChI=1S/C13H17F3N2O/c1-9(2)10-7-11(13(14,15)16)12(17-8-10)18-3-5-19-6-4-18/h7-9H,3-6H2,1-2H3. The Morgan fingerprint density at radius 1 is 1.26 bits per heavy atom. The van der Waals surface area contributed by atoms with Gasteiger partial charge in [-0.1, -0.05) is 13.8 Å². The largest absolute Gasteiger partial charge is 0.419 e. The van der Waals surface area contributed by atoms with Crippen LogP contribution in [0.1, 0.15) is 30.9 Å². The molecule has 1 aliphatic heterocycles. The van der Waals surface area contributed by atoms with Gasteiger partial charge in [-0.15, -0.1) is 0 Å². The Bertz CT molecular complexity index is 440. The third-order valence-electron chi connectivity index (χ3n) is 3.17. The lowest BCUT2D eigenvalue weighted by atomic mass is 10.0. The van der Waals surface area contributed by atoms with Crippen molar-refractivity contribution in [2.45, 2.75) is 25.9 Å². The van der Waals surface area contributed by atoms with E-state index in [9.17, 15) is 13.2 Å². The average molecular weight is 274 g/mol. The van der Waals surface area contributed by atoms with Crippen molar-refractivity contribution in [3.8, 4) is 0 Å². The second kappa shape index (κ2) is 5.36. The van der Waals surface area contributed by atoms with Crippen LogP contribution in [0.2, 0.25) is 0 Å². The van der Waals surface area contributed by atoms with Crippen molar-refractivity contribution < 1.29 is 17.9 Å². The van der Waals surface area contributed by atoms with E-state index in [0.717, 1.165) is 0 Å². The third kappa shape index (κ3) is 3.18. The summed E-state index contributed by atoms with van der Waals surface area (Å²) >= 11 is 0. The van der Waals surface area contributed by atoms with Crippen LogP contribution in [-0.2, 0) is 10.9 Å². The van der Waals surface area contributed by atoms with E-state index in [1.54, 1.807) is 4.90 Å². The molecule has 0 bridgehead atoms. The zero-order valence-electron chi connectivity index (χ0n) is 11.0. The second-order valence-electron chi connectivity index (χ2n) is 4.89. The smallest absolute Gasteiger partial charge is 0.378 e. The maximum absolute atomic E-state index is 13.1. The van der Waals surface area contributed by atoms with Gasteiger partial charge in [0, 0.05) is 19.3 Å². The van der Waals surface area contributed by atoms with Crippen LogP contribution in [-0.4, -0.2) is 31.3 Å². The monoisotopic (exact) mass is 274 g/mol. The molecule has 1 saturated heterocycles. The van der Waals surface area contributed by atoms with E-state index >= 15 is 0 Å². The van der Waals surface area contributed by atoms with Gasteiger partial charge >= 0.3 is 6.18 Å². The molecule has 1 fully saturated rings. The molecule has 0 atom stereocenters. The first-order chi connectivity index (χ1) is 8.89. The van der Waals surface area contributed by atoms with Crippen LogP contribution in [0.4, 0.5) is 19.0 Å². The van der Waals surface area contributed by atoms with Crippen LogP contribution in [0.3, 0.4) is 0 Å². The molecule has 2 rings (SSSR count). The van der Waals surface area contributed by atoms with Gasteiger partial charge in [-0.25, -0.2) is 4.98 Å². The van der Waals surface area contributed by atoms with Crippen molar-refractivity contribution in [2.75, 3.05) is 31.2 Å². The number of aromatic nitrogens is 1. The summed E-state index contributed by atoms with van der Waals surface area (Å²) in [5, 5.41) is 0. The lowest BCUT2D eigenvalue weighted by Gasteiger charge is -2.30. The van der Waals surface area contributed by atoms with Crippen LogP contribution in [0, 0.1) is 0 Å². The van der Waals surface area contributed by atoms with Crippen molar-refractivity contribution in [1.82, 2.24) is 4.98 Å². The van der Waals surface area contributed by atoms with E-state index in [1.165, 1.54) is 12.3 Å². The van der Waals surface area contributed by atoms with E-state index in [0.29, 0.717) is 31.9 Å². The Balaban J connectivity index is 2.41. The van der Waals surface area contributed by atoms with Gasteiger partial charge in [-0.2, -0.15) is 13.2 Å². The van der Waals surface area contributed by atoms with Gasteiger partial charge in [0.25, 0.3) is 0 Å². The molecule has 1 aliphatic rings. The van der Waals surface area contributed by atoms with Gasteiger partial charge in [0.2, 0.25) is 0 Å². The van der Waals surface area contributed by atoms with Crippen LogP contribution in [0.25, 0.3) is 0 Å². The summed E-state index contributed by atoms with van der Waals surface area (Å²) in [4.78, 5) is 5.68. The number of nitrogens with zero attached hydrogens (tertiary/aromatic N) is 2. The predicted molar refractivity (Wildman–Crippen MR) is 66.4 cm³/mol. The molecule has 0 amide bonds. The molecule has 3 nitrogen and oxygen atoms in total. The molecule has 0 radical (unpaired) electrons. The van der Waals surface area contributed by atoms with Crippen molar-refractivity contribution >= 4 is 5.82 Å². The SMILES string of the molecule is CC(C)c1cnc(N2CCOCC2)c(C(F)(F)F)c1. The topological polar surface area (TPSA) is 25.4 Å². The number of ether oxygens (including phenoxy) is 1. The minimum absolute atomic E-state index is 0.0141. The van der Waals surface area contributed by atoms with E-state index in [4.69, 9.17) is 4.74 Å². The normalized spacial score (nSPS) is 17.1. The van der Waals surface area contributed by atoms with Crippen LogP contribution in [0.15, 0.2) is 12.3 Å². The fourth-order valence-electron chi connectivity index (χ4n) is 2.03. The summed E-state index contributed by atoms with van der Waals surface area (Å²) in [5.41, 5.74) is -0.0510. The summed E-state index contributed by atoms with van der Waals surface area (Å²) < 4.78 is 44.6. The van der Waals surface area contributed by atoms with Crippen molar-refractivity contribution in [2.24, 2.45) is 0 Å². The van der Waals surface area contributed by atoms with Crippen LogP contribution in [0.5, 0.6) is 0 Å². The summed E-state index contributed by atoms with van der Waals surface area (Å²) in [7, 11) is 0. The summed E-state index contributed by atoms with van der Waals surface area (Å²) in [5.74, 6) is 0.0348. The predicted octanol–water partition coefficient (Wildman–Crippen LogP) is 3.06. The first-order valence-corrected chi connectivity index (χ1v) is 6.29. The quantitative estimate of drug-likeness (QED) is 0.828. The lowest BCUT2D eigenvalue weighted by Crippen LogP contribution is -2.38. The van der Waals surface area contributed by atoms with E-state index in [2.05, 4.69) is 4.98 Å². The van der Waals surface area contributed by atoms with Gasteiger partial charge in [0.15, 0.2) is 0 Å². The molecule has 106 valence electrons. The van der Waals surface area contributed by atoms with Crippen molar-refractivity contribution in [3.05, 3.63) is 23.4 Å². The first-order valence-electron chi connectivity index (χ1n) is 6.29. The Kier molecular flexibility index (Phi) is 3.99. The van der Waals surface area contributed by atoms with E-state index < -0.39 is 11.7 Å². The molecule has 0 aliphatic carbocycles. The molecule has 1 aromatic rings. The highest BCUT2D eigenvalue weighted by molar-refractivity contribution is 5.50. The van der Waals surface area contributed by atoms with Crippen LogP contribution < -0.4 is 4.90 Å². The molecule has 0 unspecified atom stereocenters. The Hall–Kier alpha value is -1.30. The maximum atomic E-state index is 13.1. The highest BCUT2D eigenvalue weighted by Gasteiger charge is 2.36. The minimum atomic E-state index is -4.38. The molecule has 2 heterocycles. The molecule has 0 aromatic carbocycles. The molecule has 0 N–H and O–H groups in total. The molecule has 6 heteroatoms. The number of anilines is 1. The third-order valence-corrected chi connectivity index (χ3v) is 3.17. The van der Waals surface area contributed by atoms with Crippen molar-refractivity contribution in [3.63, 3.8) is 0 Å². The fourth-order valence-corrected chi connectivity index (χ4v) is 2.03. The summed E-state index contributed by atoms with van der Waals surface area (Å²) in [6.07, 6.45) is -2.85. The van der Waals surface area contributed by atoms with E-state index in [1.807, 2.05) is 13.8 Å². The molecule has 1 aromatic heterocycles. The lowest BCUT2D eigenvalue weighted by molar-refractivity contribution is -0.137. The van der Waals surface area contributed by atoms with Gasteiger partial charge in [0.1, 0.15) is 5.82 Å². The molecule has 0 saturated carbocycles. The zero-order valence-corrected chi connectivity index (χ0v) is 11.0. The molecule has 0 spiro atoms. The Labute approximate surface area is 110 Å². The zero-order chi connectivity index (χ0) is 14.0. The molecular formula is C13H17F3N2O. The van der Waals surface area contributed by atoms with Crippen molar-refractivity contribution in [1.29, 1.82) is 0 Å². The number of rotatable bonds is 2.